The minimum atomic E-state index is -1.04. The number of aliphatic hydroxyl groups is 1. The molecule has 3 atom stereocenters. The van der Waals surface area contributed by atoms with E-state index in [1.807, 2.05) is 0 Å². The van der Waals surface area contributed by atoms with Gasteiger partial charge in [-0.1, -0.05) is 6.42 Å². The van der Waals surface area contributed by atoms with Crippen molar-refractivity contribution in [3.8, 4) is 0 Å². The van der Waals surface area contributed by atoms with Gasteiger partial charge < -0.3 is 15.1 Å². The number of β-amino-alcohol motifs (C(OH)–C–C–N with tert-alkyl or cyclic N) is 1. The second-order valence-electron chi connectivity index (χ2n) is 5.20. The van der Waals surface area contributed by atoms with E-state index in [9.17, 15) is 14.7 Å². The molecule has 1 rings (SSSR count). The normalized spacial score (nSPS) is 22.7. The summed E-state index contributed by atoms with van der Waals surface area (Å²) in [5, 5.41) is 18.8. The van der Waals surface area contributed by atoms with E-state index in [2.05, 4.69) is 25.3 Å². The summed E-state index contributed by atoms with van der Waals surface area (Å²) in [6, 6.07) is -0.876. The molecule has 0 saturated carbocycles. The topological polar surface area (TPSA) is 77.8 Å². The van der Waals surface area contributed by atoms with Gasteiger partial charge in [0.25, 0.3) is 0 Å². The number of unbranched alkanes of at least 4 members (excludes halogenated alkanes) is 1. The number of aliphatic hydroxyl groups excluding tert-OH is 1. The van der Waals surface area contributed by atoms with Gasteiger partial charge in [0, 0.05) is 54.2 Å². The van der Waals surface area contributed by atoms with Crippen LogP contribution in [0.3, 0.4) is 0 Å². The Bertz CT molecular complexity index is 346. The quantitative estimate of drug-likeness (QED) is 0.299. The van der Waals surface area contributed by atoms with E-state index in [-0.39, 0.29) is 48.4 Å². The number of hydrogen-bond donors (Lipinski definition) is 4. The molecule has 1 fully saturated rings. The van der Waals surface area contributed by atoms with Crippen LogP contribution in [0.4, 0.5) is 0 Å². The van der Waals surface area contributed by atoms with Crippen LogP contribution >= 0.6 is 25.3 Å². The molecule has 0 aromatic carbocycles. The molecule has 2 N–H and O–H groups in total. The van der Waals surface area contributed by atoms with E-state index in [1.54, 1.807) is 0 Å². The molecule has 5 nitrogen and oxygen atoms in total. The number of nitrogens with zero attached hydrogens (tertiary/aromatic N) is 1. The Morgan fingerprint density at radius 2 is 1.95 bits per heavy atom. The molecule has 1 saturated heterocycles. The van der Waals surface area contributed by atoms with Crippen LogP contribution in [0.25, 0.3) is 0 Å². The largest absolute Gasteiger partial charge is 0.480 e. The number of carboxylic acids is 1. The maximum Gasteiger partial charge on any atom is 0.326 e. The van der Waals surface area contributed by atoms with Crippen LogP contribution < -0.4 is 0 Å². The number of aliphatic carboxylic acids is 1. The number of likely N-dealkylation sites (tertiary alicyclic amines) is 1. The van der Waals surface area contributed by atoms with E-state index in [4.69, 9.17) is 5.11 Å². The van der Waals surface area contributed by atoms with Crippen LogP contribution in [0.1, 0.15) is 38.5 Å². The maximum absolute atomic E-state index is 12.0. The molecule has 2 unspecified atom stereocenters. The Labute approximate surface area is 159 Å². The van der Waals surface area contributed by atoms with Crippen molar-refractivity contribution >= 4 is 66.7 Å². The van der Waals surface area contributed by atoms with Crippen molar-refractivity contribution < 1.29 is 19.8 Å². The zero-order chi connectivity index (χ0) is 15.1. The number of carboxylic acid groups (broad SMARTS) is 1. The van der Waals surface area contributed by atoms with Crippen molar-refractivity contribution in [2.24, 2.45) is 0 Å². The molecule has 1 aliphatic rings. The first-order valence-electron chi connectivity index (χ1n) is 6.95. The van der Waals surface area contributed by atoms with Gasteiger partial charge in [-0.2, -0.15) is 25.3 Å². The van der Waals surface area contributed by atoms with E-state index in [0.717, 1.165) is 31.4 Å². The first-order chi connectivity index (χ1) is 9.45. The molecular formula is C13H23NNaO4S2. The van der Waals surface area contributed by atoms with E-state index >= 15 is 0 Å². The third kappa shape index (κ3) is 7.61. The fourth-order valence-corrected chi connectivity index (χ4v) is 3.24. The first-order valence-corrected chi connectivity index (χ1v) is 8.09. The average molecular weight is 344 g/mol. The van der Waals surface area contributed by atoms with Gasteiger partial charge in [-0.25, -0.2) is 4.79 Å². The Morgan fingerprint density at radius 3 is 2.52 bits per heavy atom. The molecule has 0 bridgehead atoms. The Hall–Kier alpha value is 0.600. The van der Waals surface area contributed by atoms with Crippen LogP contribution in [-0.4, -0.2) is 86.2 Å². The third-order valence-corrected chi connectivity index (χ3v) is 4.30. The molecule has 0 aromatic rings. The summed E-state index contributed by atoms with van der Waals surface area (Å²) in [5.41, 5.74) is 0. The summed E-state index contributed by atoms with van der Waals surface area (Å²) in [5.74, 6) is -0.419. The number of carbonyl (C=O) groups is 2. The van der Waals surface area contributed by atoms with Gasteiger partial charge in [0.2, 0.25) is 5.91 Å². The number of carbonyl (C=O) groups excluding carboxylic acids is 1. The maximum atomic E-state index is 12.0. The van der Waals surface area contributed by atoms with Crippen LogP contribution in [0.15, 0.2) is 0 Å². The van der Waals surface area contributed by atoms with Crippen molar-refractivity contribution in [1.82, 2.24) is 4.90 Å². The molecule has 117 valence electrons. The summed E-state index contributed by atoms with van der Waals surface area (Å²) in [4.78, 5) is 24.3. The molecule has 1 heterocycles. The molecule has 1 aliphatic heterocycles. The van der Waals surface area contributed by atoms with E-state index < -0.39 is 18.1 Å². The second-order valence-corrected chi connectivity index (χ2v) is 6.38. The molecule has 21 heavy (non-hydrogen) atoms. The number of amides is 1. The smallest absolute Gasteiger partial charge is 0.326 e. The van der Waals surface area contributed by atoms with Gasteiger partial charge in [-0.3, -0.25) is 4.79 Å². The van der Waals surface area contributed by atoms with Gasteiger partial charge in [0.1, 0.15) is 6.04 Å². The SMILES string of the molecule is O=C(O)[C@@H]1CC(O)CN1C(=O)CCCCC(S)CCS.[Na]. The number of thiol groups is 2. The third-order valence-electron chi connectivity index (χ3n) is 3.52. The van der Waals surface area contributed by atoms with Gasteiger partial charge in [-0.05, 0) is 25.0 Å². The minimum Gasteiger partial charge on any atom is -0.480 e. The van der Waals surface area contributed by atoms with Crippen LogP contribution in [0.5, 0.6) is 0 Å². The fourth-order valence-electron chi connectivity index (χ4n) is 2.42. The zero-order valence-electron chi connectivity index (χ0n) is 12.4. The summed E-state index contributed by atoms with van der Waals surface area (Å²) >= 11 is 8.57. The molecule has 0 spiro atoms. The van der Waals surface area contributed by atoms with Crippen molar-refractivity contribution in [2.75, 3.05) is 12.3 Å². The van der Waals surface area contributed by atoms with Crippen molar-refractivity contribution in [1.29, 1.82) is 0 Å². The number of hydrogen-bond acceptors (Lipinski definition) is 5. The Morgan fingerprint density at radius 1 is 1.29 bits per heavy atom. The molecular weight excluding hydrogens is 321 g/mol. The van der Waals surface area contributed by atoms with E-state index in [1.165, 1.54) is 4.90 Å². The molecule has 8 heteroatoms. The predicted octanol–water partition coefficient (Wildman–Crippen LogP) is 0.831. The first kappa shape index (κ1) is 21.6. The van der Waals surface area contributed by atoms with Gasteiger partial charge in [0.15, 0.2) is 0 Å². The fraction of sp³-hybridized carbons (Fsp3) is 0.846. The van der Waals surface area contributed by atoms with Crippen LogP contribution in [0, 0.1) is 0 Å². The summed E-state index contributed by atoms with van der Waals surface area (Å²) < 4.78 is 0. The molecule has 0 aliphatic carbocycles. The summed E-state index contributed by atoms with van der Waals surface area (Å²) in [6.45, 7) is 0.130. The standard InChI is InChI=1S/C13H23NO4S2.Na/c15-9-7-11(13(17)18)14(8-9)12(16)4-2-1-3-10(20)5-6-19;/h9-11,15,19-20H,1-8H2,(H,17,18);/t9?,10?,11-;/m0./s1. The van der Waals surface area contributed by atoms with Crippen molar-refractivity contribution in [3.05, 3.63) is 0 Å². The van der Waals surface area contributed by atoms with Gasteiger partial charge in [-0.15, -0.1) is 0 Å². The summed E-state index contributed by atoms with van der Waals surface area (Å²) in [6.07, 6.45) is 3.22. The Kier molecular flexibility index (Phi) is 11.5. The predicted molar refractivity (Wildman–Crippen MR) is 89.2 cm³/mol. The number of rotatable bonds is 8. The van der Waals surface area contributed by atoms with Crippen molar-refractivity contribution in [2.45, 2.75) is 55.9 Å². The molecule has 1 amide bonds. The van der Waals surface area contributed by atoms with Gasteiger partial charge in [0.05, 0.1) is 6.10 Å². The molecule has 0 aromatic heterocycles. The van der Waals surface area contributed by atoms with Crippen LogP contribution in [0.2, 0.25) is 0 Å². The van der Waals surface area contributed by atoms with E-state index in [0.29, 0.717) is 11.7 Å². The van der Waals surface area contributed by atoms with Crippen LogP contribution in [-0.2, 0) is 9.59 Å². The summed E-state index contributed by atoms with van der Waals surface area (Å²) in [7, 11) is 0. The monoisotopic (exact) mass is 344 g/mol. The molecule has 1 radical (unpaired) electrons. The van der Waals surface area contributed by atoms with Gasteiger partial charge >= 0.3 is 5.97 Å². The zero-order valence-corrected chi connectivity index (χ0v) is 16.2. The average Bonchev–Trinajstić information content (AvgIpc) is 2.77. The Balaban J connectivity index is 0.00000400. The minimum absolute atomic E-state index is 0. The van der Waals surface area contributed by atoms with Crippen molar-refractivity contribution in [3.63, 3.8) is 0 Å². The second kappa shape index (κ2) is 11.2.